The molecule has 1 heterocycles. The van der Waals surface area contributed by atoms with Crippen molar-refractivity contribution in [2.45, 2.75) is 39.8 Å². The highest BCUT2D eigenvalue weighted by Crippen LogP contribution is 2.34. The van der Waals surface area contributed by atoms with E-state index < -0.39 is 0 Å². The summed E-state index contributed by atoms with van der Waals surface area (Å²) in [4.78, 5) is 1.45. The molecule has 0 unspecified atom stereocenters. The van der Waals surface area contributed by atoms with E-state index in [4.69, 9.17) is 4.74 Å². The normalized spacial score (nSPS) is 11.4. The van der Waals surface area contributed by atoms with Crippen LogP contribution >= 0.6 is 11.3 Å². The first-order chi connectivity index (χ1) is 8.65. The average molecular weight is 263 g/mol. The fourth-order valence-corrected chi connectivity index (χ4v) is 3.41. The smallest absolute Gasteiger partial charge is 0.120 e. The molecular weight excluding hydrogens is 242 g/mol. The lowest BCUT2D eigenvalue weighted by atomic mass is 10.1. The minimum atomic E-state index is 0.523. The number of hydrogen-bond acceptors (Lipinski definition) is 3. The maximum Gasteiger partial charge on any atom is 0.120 e. The van der Waals surface area contributed by atoms with Gasteiger partial charge in [0, 0.05) is 22.2 Å². The highest BCUT2D eigenvalue weighted by molar-refractivity contribution is 7.19. The Morgan fingerprint density at radius 3 is 2.72 bits per heavy atom. The minimum Gasteiger partial charge on any atom is -0.497 e. The van der Waals surface area contributed by atoms with Crippen LogP contribution in [0, 0.1) is 0 Å². The molecule has 0 atom stereocenters. The van der Waals surface area contributed by atoms with Gasteiger partial charge in [0.05, 0.1) is 7.11 Å². The first-order valence-electron chi connectivity index (χ1n) is 6.47. The minimum absolute atomic E-state index is 0.523. The molecule has 0 aliphatic rings. The Morgan fingerprint density at radius 2 is 2.11 bits per heavy atom. The lowest BCUT2D eigenvalue weighted by Crippen LogP contribution is -2.21. The van der Waals surface area contributed by atoms with Crippen LogP contribution in [-0.2, 0) is 13.0 Å². The number of nitrogens with one attached hydrogen (secondary N) is 1. The average Bonchev–Trinajstić information content (AvgIpc) is 2.72. The van der Waals surface area contributed by atoms with Crippen molar-refractivity contribution < 1.29 is 4.74 Å². The van der Waals surface area contributed by atoms with Gasteiger partial charge in [-0.2, -0.15) is 0 Å². The molecule has 0 aliphatic carbocycles. The summed E-state index contributed by atoms with van der Waals surface area (Å²) >= 11 is 1.88. The van der Waals surface area contributed by atoms with Crippen LogP contribution in [0.3, 0.4) is 0 Å². The Morgan fingerprint density at radius 1 is 1.33 bits per heavy atom. The fraction of sp³-hybridized carbons (Fsp3) is 0.467. The highest BCUT2D eigenvalue weighted by Gasteiger charge is 2.11. The van der Waals surface area contributed by atoms with Crippen LogP contribution in [0.25, 0.3) is 10.1 Å². The predicted octanol–water partition coefficient (Wildman–Crippen LogP) is 3.97. The van der Waals surface area contributed by atoms with Gasteiger partial charge in [-0.15, -0.1) is 11.3 Å². The molecule has 0 fully saturated rings. The molecule has 0 radical (unpaired) electrons. The SMILES string of the molecule is CCc1c(CNC(C)C)sc2cc(OC)ccc12. The number of aryl methyl sites for hydroxylation is 1. The molecule has 0 saturated heterocycles. The van der Waals surface area contributed by atoms with Crippen LogP contribution < -0.4 is 10.1 Å². The molecule has 2 nitrogen and oxygen atoms in total. The molecule has 1 aromatic carbocycles. The largest absolute Gasteiger partial charge is 0.497 e. The highest BCUT2D eigenvalue weighted by atomic mass is 32.1. The monoisotopic (exact) mass is 263 g/mol. The van der Waals surface area contributed by atoms with Crippen LogP contribution in [-0.4, -0.2) is 13.2 Å². The molecule has 0 saturated carbocycles. The third-order valence-electron chi connectivity index (χ3n) is 3.11. The summed E-state index contributed by atoms with van der Waals surface area (Å²) in [7, 11) is 1.72. The summed E-state index contributed by atoms with van der Waals surface area (Å²) < 4.78 is 6.62. The molecule has 2 aromatic rings. The Kier molecular flexibility index (Phi) is 4.25. The Balaban J connectivity index is 2.40. The standard InChI is InChI=1S/C15H21NOS/c1-5-12-13-7-6-11(17-4)8-14(13)18-15(12)9-16-10(2)3/h6-8,10,16H,5,9H2,1-4H3. The molecule has 0 aliphatic heterocycles. The fourth-order valence-electron chi connectivity index (χ4n) is 2.14. The lowest BCUT2D eigenvalue weighted by Gasteiger charge is -2.07. The van der Waals surface area contributed by atoms with Crippen molar-refractivity contribution >= 4 is 21.4 Å². The summed E-state index contributed by atoms with van der Waals surface area (Å²) in [6.45, 7) is 7.55. The van der Waals surface area contributed by atoms with Gasteiger partial charge in [-0.1, -0.05) is 20.8 Å². The van der Waals surface area contributed by atoms with Gasteiger partial charge in [0.2, 0.25) is 0 Å². The summed E-state index contributed by atoms with van der Waals surface area (Å²) in [6.07, 6.45) is 1.08. The van der Waals surface area contributed by atoms with Gasteiger partial charge in [0.15, 0.2) is 0 Å². The third-order valence-corrected chi connectivity index (χ3v) is 4.30. The zero-order chi connectivity index (χ0) is 13.1. The van der Waals surface area contributed by atoms with Gasteiger partial charge in [0.1, 0.15) is 5.75 Å². The number of benzene rings is 1. The van der Waals surface area contributed by atoms with E-state index in [0.29, 0.717) is 6.04 Å². The van der Waals surface area contributed by atoms with Crippen LogP contribution in [0.1, 0.15) is 31.2 Å². The lowest BCUT2D eigenvalue weighted by molar-refractivity contribution is 0.415. The van der Waals surface area contributed by atoms with Gasteiger partial charge in [-0.05, 0) is 35.6 Å². The van der Waals surface area contributed by atoms with Crippen molar-refractivity contribution in [2.75, 3.05) is 7.11 Å². The van der Waals surface area contributed by atoms with Gasteiger partial charge in [-0.3, -0.25) is 0 Å². The van der Waals surface area contributed by atoms with E-state index >= 15 is 0 Å². The van der Waals surface area contributed by atoms with E-state index in [1.807, 2.05) is 17.4 Å². The molecule has 1 aromatic heterocycles. The van der Waals surface area contributed by atoms with Gasteiger partial charge < -0.3 is 10.1 Å². The number of thiophene rings is 1. The second-order valence-electron chi connectivity index (χ2n) is 4.76. The molecule has 0 bridgehead atoms. The third kappa shape index (κ3) is 2.68. The van der Waals surface area contributed by atoms with Crippen LogP contribution in [0.2, 0.25) is 0 Å². The van der Waals surface area contributed by atoms with Crippen molar-refractivity contribution in [2.24, 2.45) is 0 Å². The van der Waals surface area contributed by atoms with Crippen LogP contribution in [0.15, 0.2) is 18.2 Å². The van der Waals surface area contributed by atoms with E-state index in [9.17, 15) is 0 Å². The van der Waals surface area contributed by atoms with E-state index in [-0.39, 0.29) is 0 Å². The van der Waals surface area contributed by atoms with E-state index in [0.717, 1.165) is 18.7 Å². The molecule has 1 N–H and O–H groups in total. The zero-order valence-electron chi connectivity index (χ0n) is 11.5. The molecule has 0 spiro atoms. The van der Waals surface area contributed by atoms with Crippen molar-refractivity contribution in [3.05, 3.63) is 28.6 Å². The topological polar surface area (TPSA) is 21.3 Å². The molecule has 18 heavy (non-hydrogen) atoms. The van der Waals surface area contributed by atoms with Crippen molar-refractivity contribution in [1.29, 1.82) is 0 Å². The van der Waals surface area contributed by atoms with Crippen molar-refractivity contribution in [3.8, 4) is 5.75 Å². The summed E-state index contributed by atoms with van der Waals surface area (Å²) in [5.41, 5.74) is 1.48. The molecule has 3 heteroatoms. The Labute approximate surface area is 113 Å². The number of hydrogen-bond donors (Lipinski definition) is 1. The Bertz CT molecular complexity index is 531. The van der Waals surface area contributed by atoms with Crippen molar-refractivity contribution in [3.63, 3.8) is 0 Å². The molecular formula is C15H21NOS. The van der Waals surface area contributed by atoms with Crippen molar-refractivity contribution in [1.82, 2.24) is 5.32 Å². The summed E-state index contributed by atoms with van der Waals surface area (Å²) in [6, 6.07) is 6.89. The quantitative estimate of drug-likeness (QED) is 0.881. The maximum absolute atomic E-state index is 5.29. The number of ether oxygens (including phenoxy) is 1. The predicted molar refractivity (Wildman–Crippen MR) is 79.7 cm³/mol. The summed E-state index contributed by atoms with van der Waals surface area (Å²) in [5.74, 6) is 0.940. The van der Waals surface area contributed by atoms with E-state index in [1.54, 1.807) is 7.11 Å². The van der Waals surface area contributed by atoms with Gasteiger partial charge in [0.25, 0.3) is 0 Å². The number of fused-ring (bicyclic) bond motifs is 1. The van der Waals surface area contributed by atoms with E-state index in [2.05, 4.69) is 38.2 Å². The van der Waals surface area contributed by atoms with Crippen LogP contribution in [0.5, 0.6) is 5.75 Å². The zero-order valence-corrected chi connectivity index (χ0v) is 12.4. The van der Waals surface area contributed by atoms with Crippen LogP contribution in [0.4, 0.5) is 0 Å². The summed E-state index contributed by atoms with van der Waals surface area (Å²) in [5, 5.41) is 4.88. The maximum atomic E-state index is 5.29. The number of rotatable bonds is 5. The molecule has 98 valence electrons. The van der Waals surface area contributed by atoms with E-state index in [1.165, 1.54) is 20.5 Å². The van der Waals surface area contributed by atoms with Gasteiger partial charge in [-0.25, -0.2) is 0 Å². The Hall–Kier alpha value is -1.06. The molecule has 2 rings (SSSR count). The second-order valence-corrected chi connectivity index (χ2v) is 5.89. The second kappa shape index (κ2) is 5.72. The molecule has 0 amide bonds. The number of methoxy groups -OCH3 is 1. The first-order valence-corrected chi connectivity index (χ1v) is 7.29. The van der Waals surface area contributed by atoms with Gasteiger partial charge >= 0.3 is 0 Å². The first kappa shape index (κ1) is 13.4.